The van der Waals surface area contributed by atoms with Crippen molar-refractivity contribution in [3.63, 3.8) is 0 Å². The highest BCUT2D eigenvalue weighted by Gasteiger charge is 2.27. The first-order valence-corrected chi connectivity index (χ1v) is 5.15. The average Bonchev–Trinajstić information content (AvgIpc) is 1.96. The molecule has 0 aromatic rings. The second-order valence-electron chi connectivity index (χ2n) is 4.22. The van der Waals surface area contributed by atoms with E-state index in [-0.39, 0.29) is 17.9 Å². The fourth-order valence-corrected chi connectivity index (χ4v) is 1.47. The third kappa shape index (κ3) is 2.69. The lowest BCUT2D eigenvalue weighted by Crippen LogP contribution is -2.47. The van der Waals surface area contributed by atoms with Crippen LogP contribution in [0.2, 0.25) is 0 Å². The van der Waals surface area contributed by atoms with Crippen LogP contribution in [0.15, 0.2) is 0 Å². The van der Waals surface area contributed by atoms with Gasteiger partial charge in [0.25, 0.3) is 0 Å². The van der Waals surface area contributed by atoms with Gasteiger partial charge in [-0.15, -0.1) is 0 Å². The smallest absolute Gasteiger partial charge is 0.223 e. The van der Waals surface area contributed by atoms with Gasteiger partial charge in [0.1, 0.15) is 0 Å². The molecule has 1 aliphatic carbocycles. The molecule has 0 saturated heterocycles. The molecule has 0 aromatic heterocycles. The minimum atomic E-state index is 0.146. The summed E-state index contributed by atoms with van der Waals surface area (Å²) in [7, 11) is 0. The zero-order valence-electron chi connectivity index (χ0n) is 8.55. The number of rotatable bonds is 4. The van der Waals surface area contributed by atoms with E-state index >= 15 is 0 Å². The van der Waals surface area contributed by atoms with E-state index in [0.717, 1.165) is 12.8 Å². The molecule has 0 bridgehead atoms. The Bertz CT molecular complexity index is 176. The lowest BCUT2D eigenvalue weighted by Gasteiger charge is -2.28. The molecule has 0 heterocycles. The molecule has 1 fully saturated rings. The Labute approximate surface area is 80.1 Å². The van der Waals surface area contributed by atoms with Crippen molar-refractivity contribution in [2.24, 2.45) is 17.6 Å². The van der Waals surface area contributed by atoms with E-state index in [2.05, 4.69) is 19.2 Å². The van der Waals surface area contributed by atoms with Gasteiger partial charge >= 0.3 is 0 Å². The first kappa shape index (κ1) is 10.5. The summed E-state index contributed by atoms with van der Waals surface area (Å²) in [4.78, 5) is 11.5. The van der Waals surface area contributed by atoms with Crippen molar-refractivity contribution in [1.29, 1.82) is 0 Å². The summed E-state index contributed by atoms with van der Waals surface area (Å²) in [6.07, 6.45) is 3.31. The van der Waals surface area contributed by atoms with Crippen molar-refractivity contribution in [2.45, 2.75) is 39.2 Å². The molecule has 1 rings (SSSR count). The molecule has 1 aliphatic rings. The first-order chi connectivity index (χ1) is 6.15. The highest BCUT2D eigenvalue weighted by atomic mass is 16.2. The predicted octanol–water partition coefficient (Wildman–Crippen LogP) is 0.886. The van der Waals surface area contributed by atoms with Gasteiger partial charge in [-0.2, -0.15) is 0 Å². The zero-order chi connectivity index (χ0) is 9.84. The quantitative estimate of drug-likeness (QED) is 0.681. The van der Waals surface area contributed by atoms with E-state index in [1.165, 1.54) is 6.42 Å². The Morgan fingerprint density at radius 3 is 2.46 bits per heavy atom. The van der Waals surface area contributed by atoms with Crippen LogP contribution in [0.25, 0.3) is 0 Å². The summed E-state index contributed by atoms with van der Waals surface area (Å²) in [5.41, 5.74) is 5.57. The Morgan fingerprint density at radius 2 is 2.15 bits per heavy atom. The van der Waals surface area contributed by atoms with Gasteiger partial charge in [-0.1, -0.05) is 20.3 Å². The van der Waals surface area contributed by atoms with E-state index in [1.54, 1.807) is 0 Å². The van der Waals surface area contributed by atoms with Crippen molar-refractivity contribution >= 4 is 5.91 Å². The molecule has 3 N–H and O–H groups in total. The second-order valence-corrected chi connectivity index (χ2v) is 4.22. The largest absolute Gasteiger partial charge is 0.352 e. The van der Waals surface area contributed by atoms with Gasteiger partial charge in [-0.3, -0.25) is 4.79 Å². The molecule has 0 radical (unpaired) electrons. The van der Waals surface area contributed by atoms with E-state index in [4.69, 9.17) is 5.73 Å². The maximum atomic E-state index is 11.5. The van der Waals surface area contributed by atoms with Crippen LogP contribution in [-0.4, -0.2) is 18.5 Å². The third-order valence-corrected chi connectivity index (χ3v) is 2.86. The number of carbonyl (C=O) groups excluding carboxylic acids is 1. The molecule has 1 unspecified atom stereocenters. The molecule has 1 amide bonds. The van der Waals surface area contributed by atoms with Crippen LogP contribution >= 0.6 is 0 Å². The normalized spacial score (nSPS) is 19.7. The summed E-state index contributed by atoms with van der Waals surface area (Å²) < 4.78 is 0. The minimum Gasteiger partial charge on any atom is -0.352 e. The Hall–Kier alpha value is -0.570. The molecule has 1 saturated carbocycles. The van der Waals surface area contributed by atoms with Crippen molar-refractivity contribution in [3.05, 3.63) is 0 Å². The molecule has 0 spiro atoms. The first-order valence-electron chi connectivity index (χ1n) is 5.15. The monoisotopic (exact) mass is 184 g/mol. The summed E-state index contributed by atoms with van der Waals surface area (Å²) in [6.45, 7) is 4.70. The van der Waals surface area contributed by atoms with E-state index < -0.39 is 0 Å². The van der Waals surface area contributed by atoms with Gasteiger partial charge in [0.05, 0.1) is 0 Å². The van der Waals surface area contributed by atoms with Crippen LogP contribution in [0.5, 0.6) is 0 Å². The molecule has 1 atom stereocenters. The van der Waals surface area contributed by atoms with Crippen molar-refractivity contribution in [2.75, 3.05) is 6.54 Å². The topological polar surface area (TPSA) is 55.1 Å². The molecule has 0 aliphatic heterocycles. The number of nitrogens with two attached hydrogens (primary N) is 1. The Morgan fingerprint density at radius 1 is 1.54 bits per heavy atom. The lowest BCUT2D eigenvalue weighted by molar-refractivity contribution is -0.128. The maximum Gasteiger partial charge on any atom is 0.223 e. The fourth-order valence-electron chi connectivity index (χ4n) is 1.47. The molecule has 3 nitrogen and oxygen atoms in total. The second kappa shape index (κ2) is 4.61. The van der Waals surface area contributed by atoms with Gasteiger partial charge in [0.15, 0.2) is 0 Å². The number of hydrogen-bond donors (Lipinski definition) is 2. The van der Waals surface area contributed by atoms with Gasteiger partial charge in [-0.05, 0) is 18.8 Å². The van der Waals surface area contributed by atoms with Gasteiger partial charge in [0.2, 0.25) is 5.91 Å². The van der Waals surface area contributed by atoms with Gasteiger partial charge in [0, 0.05) is 18.5 Å². The van der Waals surface area contributed by atoms with E-state index in [1.807, 2.05) is 0 Å². The Kier molecular flexibility index (Phi) is 3.72. The zero-order valence-corrected chi connectivity index (χ0v) is 8.55. The SMILES string of the molecule is CC(C)C(CN)NC(=O)C1CCC1. The summed E-state index contributed by atoms with van der Waals surface area (Å²) >= 11 is 0. The van der Waals surface area contributed by atoms with Crippen molar-refractivity contribution < 1.29 is 4.79 Å². The Balaban J connectivity index is 2.31. The molecule has 76 valence electrons. The predicted molar refractivity (Wildman–Crippen MR) is 53.2 cm³/mol. The van der Waals surface area contributed by atoms with Crippen LogP contribution in [0.4, 0.5) is 0 Å². The highest BCUT2D eigenvalue weighted by Crippen LogP contribution is 2.26. The van der Waals surface area contributed by atoms with Crippen molar-refractivity contribution in [3.8, 4) is 0 Å². The lowest BCUT2D eigenvalue weighted by atomic mass is 9.84. The van der Waals surface area contributed by atoms with Crippen LogP contribution in [0.1, 0.15) is 33.1 Å². The maximum absolute atomic E-state index is 11.5. The van der Waals surface area contributed by atoms with Crippen LogP contribution in [-0.2, 0) is 4.79 Å². The van der Waals surface area contributed by atoms with Crippen LogP contribution in [0, 0.1) is 11.8 Å². The highest BCUT2D eigenvalue weighted by molar-refractivity contribution is 5.79. The molecular formula is C10H20N2O. The minimum absolute atomic E-state index is 0.146. The van der Waals surface area contributed by atoms with Crippen LogP contribution < -0.4 is 11.1 Å². The molecule has 13 heavy (non-hydrogen) atoms. The average molecular weight is 184 g/mol. The van der Waals surface area contributed by atoms with Crippen LogP contribution in [0.3, 0.4) is 0 Å². The number of nitrogens with one attached hydrogen (secondary N) is 1. The van der Waals surface area contributed by atoms with E-state index in [0.29, 0.717) is 12.5 Å². The molecular weight excluding hydrogens is 164 g/mol. The fraction of sp³-hybridized carbons (Fsp3) is 0.900. The number of hydrogen-bond acceptors (Lipinski definition) is 2. The molecule has 0 aromatic carbocycles. The summed E-state index contributed by atoms with van der Waals surface area (Å²) in [6, 6.07) is 0.146. The van der Waals surface area contributed by atoms with Crippen molar-refractivity contribution in [1.82, 2.24) is 5.32 Å². The van der Waals surface area contributed by atoms with E-state index in [9.17, 15) is 4.79 Å². The third-order valence-electron chi connectivity index (χ3n) is 2.86. The van der Waals surface area contributed by atoms with Gasteiger partial charge < -0.3 is 11.1 Å². The summed E-state index contributed by atoms with van der Waals surface area (Å²) in [5, 5.41) is 3.00. The standard InChI is InChI=1S/C10H20N2O/c1-7(2)9(6-11)12-10(13)8-4-3-5-8/h7-9H,3-6,11H2,1-2H3,(H,12,13). The molecule has 3 heteroatoms. The summed E-state index contributed by atoms with van der Waals surface area (Å²) in [5.74, 6) is 0.900. The van der Waals surface area contributed by atoms with Gasteiger partial charge in [-0.25, -0.2) is 0 Å². The number of amides is 1. The number of carbonyl (C=O) groups is 1.